The van der Waals surface area contributed by atoms with Crippen molar-refractivity contribution in [2.75, 3.05) is 46.4 Å². The molecule has 1 aromatic carbocycles. The van der Waals surface area contributed by atoms with Crippen LogP contribution in [0.1, 0.15) is 18.5 Å². The summed E-state index contributed by atoms with van der Waals surface area (Å²) in [6.07, 6.45) is 0. The number of methoxy groups -OCH3 is 1. The fourth-order valence-electron chi connectivity index (χ4n) is 2.59. The van der Waals surface area contributed by atoms with E-state index in [9.17, 15) is 4.79 Å². The Bertz CT molecular complexity index is 487. The largest absolute Gasteiger partial charge is 0.497 e. The smallest absolute Gasteiger partial charge is 0.317 e. The van der Waals surface area contributed by atoms with Crippen molar-refractivity contribution < 1.29 is 14.6 Å². The molecule has 6 heteroatoms. The van der Waals surface area contributed by atoms with Crippen LogP contribution in [0.2, 0.25) is 0 Å². The lowest BCUT2D eigenvalue weighted by Crippen LogP contribution is -2.52. The molecule has 1 saturated heterocycles. The summed E-state index contributed by atoms with van der Waals surface area (Å²) in [5.74, 6) is 0.788. The Hall–Kier alpha value is -1.79. The molecular formula is C16H25N3O3. The van der Waals surface area contributed by atoms with Crippen LogP contribution in [0, 0.1) is 0 Å². The first-order valence-corrected chi connectivity index (χ1v) is 7.66. The van der Waals surface area contributed by atoms with Gasteiger partial charge in [-0.15, -0.1) is 0 Å². The maximum Gasteiger partial charge on any atom is 0.317 e. The van der Waals surface area contributed by atoms with Gasteiger partial charge in [0.2, 0.25) is 0 Å². The lowest BCUT2D eigenvalue weighted by Gasteiger charge is -2.35. The number of rotatable bonds is 5. The van der Waals surface area contributed by atoms with Gasteiger partial charge in [0.15, 0.2) is 0 Å². The third kappa shape index (κ3) is 4.35. The van der Waals surface area contributed by atoms with Crippen LogP contribution in [0.15, 0.2) is 24.3 Å². The van der Waals surface area contributed by atoms with Crippen LogP contribution in [0.3, 0.4) is 0 Å². The maximum atomic E-state index is 12.3. The van der Waals surface area contributed by atoms with E-state index in [1.165, 1.54) is 0 Å². The van der Waals surface area contributed by atoms with Crippen molar-refractivity contribution in [3.8, 4) is 5.75 Å². The van der Waals surface area contributed by atoms with E-state index in [0.29, 0.717) is 19.6 Å². The number of aliphatic hydroxyl groups excluding tert-OH is 1. The van der Waals surface area contributed by atoms with Gasteiger partial charge in [-0.05, 0) is 24.6 Å². The first kappa shape index (κ1) is 16.6. The van der Waals surface area contributed by atoms with Crippen molar-refractivity contribution in [3.05, 3.63) is 29.8 Å². The van der Waals surface area contributed by atoms with Gasteiger partial charge in [-0.3, -0.25) is 4.90 Å². The number of piperazine rings is 1. The molecule has 1 aliphatic rings. The zero-order valence-electron chi connectivity index (χ0n) is 13.3. The minimum absolute atomic E-state index is 0.0426. The van der Waals surface area contributed by atoms with Crippen LogP contribution in [0.25, 0.3) is 0 Å². The Kier molecular flexibility index (Phi) is 6.03. The topological polar surface area (TPSA) is 65.0 Å². The highest BCUT2D eigenvalue weighted by Crippen LogP contribution is 2.19. The molecule has 1 aliphatic heterocycles. The van der Waals surface area contributed by atoms with Crippen molar-refractivity contribution in [2.45, 2.75) is 13.0 Å². The highest BCUT2D eigenvalue weighted by atomic mass is 16.5. The normalized spacial score (nSPS) is 17.1. The summed E-state index contributed by atoms with van der Waals surface area (Å²) in [5, 5.41) is 12.0. The van der Waals surface area contributed by atoms with Crippen LogP contribution in [-0.2, 0) is 0 Å². The number of hydrogen-bond acceptors (Lipinski definition) is 4. The summed E-state index contributed by atoms with van der Waals surface area (Å²) in [5.41, 5.74) is 1.02. The Morgan fingerprint density at radius 2 is 2.09 bits per heavy atom. The van der Waals surface area contributed by atoms with Crippen molar-refractivity contribution in [1.29, 1.82) is 0 Å². The molecule has 2 amide bonds. The van der Waals surface area contributed by atoms with Crippen LogP contribution < -0.4 is 10.1 Å². The minimum Gasteiger partial charge on any atom is -0.497 e. The van der Waals surface area contributed by atoms with Gasteiger partial charge in [0, 0.05) is 32.7 Å². The second-order valence-corrected chi connectivity index (χ2v) is 5.50. The number of carbonyl (C=O) groups excluding carboxylic acids is 1. The molecule has 0 aromatic heterocycles. The van der Waals surface area contributed by atoms with E-state index in [1.807, 2.05) is 36.1 Å². The first-order valence-electron chi connectivity index (χ1n) is 7.66. The zero-order valence-corrected chi connectivity index (χ0v) is 13.3. The summed E-state index contributed by atoms with van der Waals surface area (Å²) in [4.78, 5) is 16.3. The third-order valence-corrected chi connectivity index (χ3v) is 4.01. The van der Waals surface area contributed by atoms with E-state index in [4.69, 9.17) is 9.84 Å². The molecule has 2 N–H and O–H groups in total. The molecule has 0 spiro atoms. The van der Waals surface area contributed by atoms with Gasteiger partial charge in [-0.2, -0.15) is 0 Å². The molecule has 22 heavy (non-hydrogen) atoms. The molecule has 1 atom stereocenters. The summed E-state index contributed by atoms with van der Waals surface area (Å²) in [6, 6.07) is 7.61. The van der Waals surface area contributed by atoms with Gasteiger partial charge in [-0.25, -0.2) is 4.79 Å². The van der Waals surface area contributed by atoms with Gasteiger partial charge >= 0.3 is 6.03 Å². The molecule has 1 unspecified atom stereocenters. The number of urea groups is 1. The van der Waals surface area contributed by atoms with Crippen LogP contribution in [-0.4, -0.2) is 67.4 Å². The molecule has 0 bridgehead atoms. The van der Waals surface area contributed by atoms with Gasteiger partial charge in [0.05, 0.1) is 19.8 Å². The number of ether oxygens (including phenoxy) is 1. The van der Waals surface area contributed by atoms with Crippen molar-refractivity contribution in [2.24, 2.45) is 0 Å². The molecular weight excluding hydrogens is 282 g/mol. The highest BCUT2D eigenvalue weighted by Gasteiger charge is 2.22. The third-order valence-electron chi connectivity index (χ3n) is 4.01. The zero-order chi connectivity index (χ0) is 15.9. The lowest BCUT2D eigenvalue weighted by molar-refractivity contribution is 0.121. The molecule has 1 heterocycles. The standard InChI is InChI=1S/C16H25N3O3/c1-13(14-4-3-5-15(12-14)22-2)17-16(21)19-8-6-18(7-9-19)10-11-20/h3-5,12-13,20H,6-11H2,1-2H3,(H,17,21). The summed E-state index contributed by atoms with van der Waals surface area (Å²) in [6.45, 7) is 5.81. The van der Waals surface area contributed by atoms with E-state index >= 15 is 0 Å². The van der Waals surface area contributed by atoms with Crippen molar-refractivity contribution in [3.63, 3.8) is 0 Å². The number of amides is 2. The van der Waals surface area contributed by atoms with Crippen LogP contribution in [0.5, 0.6) is 5.75 Å². The molecule has 1 aromatic rings. The summed E-state index contributed by atoms with van der Waals surface area (Å²) >= 11 is 0. The highest BCUT2D eigenvalue weighted by molar-refractivity contribution is 5.74. The number of aliphatic hydroxyl groups is 1. The van der Waals surface area contributed by atoms with E-state index in [2.05, 4.69) is 10.2 Å². The van der Waals surface area contributed by atoms with Gasteiger partial charge in [0.25, 0.3) is 0 Å². The van der Waals surface area contributed by atoms with Crippen LogP contribution >= 0.6 is 0 Å². The Morgan fingerprint density at radius 3 is 2.73 bits per heavy atom. The fraction of sp³-hybridized carbons (Fsp3) is 0.562. The Balaban J connectivity index is 1.86. The molecule has 0 aliphatic carbocycles. The number of benzene rings is 1. The monoisotopic (exact) mass is 307 g/mol. The second-order valence-electron chi connectivity index (χ2n) is 5.50. The minimum atomic E-state index is -0.0712. The first-order chi connectivity index (χ1) is 10.6. The average Bonchev–Trinajstić information content (AvgIpc) is 2.55. The number of nitrogens with zero attached hydrogens (tertiary/aromatic N) is 2. The number of β-amino-alcohol motifs (C(OH)–C–C–N with tert-alkyl or cyclic N) is 1. The molecule has 1 fully saturated rings. The fourth-order valence-corrected chi connectivity index (χ4v) is 2.59. The molecule has 6 nitrogen and oxygen atoms in total. The molecule has 122 valence electrons. The molecule has 0 saturated carbocycles. The number of carbonyl (C=O) groups is 1. The number of nitrogens with one attached hydrogen (secondary N) is 1. The second kappa shape index (κ2) is 8.00. The summed E-state index contributed by atoms with van der Waals surface area (Å²) in [7, 11) is 1.63. The van der Waals surface area contributed by atoms with E-state index in [1.54, 1.807) is 7.11 Å². The van der Waals surface area contributed by atoms with Crippen LogP contribution in [0.4, 0.5) is 4.79 Å². The quantitative estimate of drug-likeness (QED) is 0.854. The van der Waals surface area contributed by atoms with E-state index in [0.717, 1.165) is 24.4 Å². The summed E-state index contributed by atoms with van der Waals surface area (Å²) < 4.78 is 5.21. The van der Waals surface area contributed by atoms with Gasteiger partial charge in [0.1, 0.15) is 5.75 Å². The predicted molar refractivity (Wildman–Crippen MR) is 85.0 cm³/mol. The lowest BCUT2D eigenvalue weighted by atomic mass is 10.1. The Morgan fingerprint density at radius 1 is 1.36 bits per heavy atom. The van der Waals surface area contributed by atoms with Gasteiger partial charge < -0.3 is 20.1 Å². The molecule has 2 rings (SSSR count). The average molecular weight is 307 g/mol. The van der Waals surface area contributed by atoms with E-state index < -0.39 is 0 Å². The Labute approximate surface area is 131 Å². The number of hydrogen-bond donors (Lipinski definition) is 2. The molecule has 0 radical (unpaired) electrons. The van der Waals surface area contributed by atoms with Gasteiger partial charge in [-0.1, -0.05) is 12.1 Å². The van der Waals surface area contributed by atoms with Crippen molar-refractivity contribution in [1.82, 2.24) is 15.1 Å². The SMILES string of the molecule is COc1cccc(C(C)NC(=O)N2CCN(CCO)CC2)c1. The van der Waals surface area contributed by atoms with E-state index in [-0.39, 0.29) is 18.7 Å². The maximum absolute atomic E-state index is 12.3. The predicted octanol–water partition coefficient (Wildman–Crippen LogP) is 1.08. The van der Waals surface area contributed by atoms with Crippen molar-refractivity contribution >= 4 is 6.03 Å².